The molecule has 0 saturated carbocycles. The number of likely N-dealkylation sites (N-methyl/N-ethyl adjacent to an activating group) is 1. The van der Waals surface area contributed by atoms with Gasteiger partial charge >= 0.3 is 0 Å². The van der Waals surface area contributed by atoms with Crippen molar-refractivity contribution in [3.05, 3.63) is 23.2 Å². The van der Waals surface area contributed by atoms with Gasteiger partial charge in [0.25, 0.3) is 0 Å². The van der Waals surface area contributed by atoms with Gasteiger partial charge in [0.2, 0.25) is 5.91 Å². The predicted octanol–water partition coefficient (Wildman–Crippen LogP) is 2.13. The molecule has 0 aliphatic carbocycles. The monoisotopic (exact) mass is 312 g/mol. The first-order valence-corrected chi connectivity index (χ1v) is 7.40. The van der Waals surface area contributed by atoms with E-state index in [1.807, 2.05) is 33.0 Å². The van der Waals surface area contributed by atoms with Crippen LogP contribution in [0.25, 0.3) is 0 Å². The molecule has 0 heterocycles. The van der Waals surface area contributed by atoms with Crippen LogP contribution in [0.2, 0.25) is 5.02 Å². The van der Waals surface area contributed by atoms with Crippen LogP contribution in [0.4, 0.5) is 11.4 Å². The van der Waals surface area contributed by atoms with E-state index in [2.05, 4.69) is 10.2 Å². The smallest absolute Gasteiger partial charge is 0.241 e. The summed E-state index contributed by atoms with van der Waals surface area (Å²) in [5.41, 5.74) is 6.91. The number of carbonyl (C=O) groups is 1. The highest BCUT2D eigenvalue weighted by molar-refractivity contribution is 6.31. The average molecular weight is 313 g/mol. The third kappa shape index (κ3) is 5.91. The number of benzene rings is 1. The van der Waals surface area contributed by atoms with E-state index in [0.717, 1.165) is 19.5 Å². The summed E-state index contributed by atoms with van der Waals surface area (Å²) in [6.07, 6.45) is 1.02. The standard InChI is InChI=1S/C15H25ClN4O/c1-11(20(4)9-5-8-19(2)3)15(21)18-14-7-6-12(16)10-13(14)17/h6-7,10-11H,5,8-9,17H2,1-4H3,(H,18,21). The zero-order valence-electron chi connectivity index (χ0n) is 13.2. The Bertz CT molecular complexity index is 479. The van der Waals surface area contributed by atoms with Gasteiger partial charge in [-0.05, 0) is 65.8 Å². The second-order valence-electron chi connectivity index (χ2n) is 5.53. The molecule has 3 N–H and O–H groups in total. The lowest BCUT2D eigenvalue weighted by Crippen LogP contribution is -2.40. The molecule has 0 bridgehead atoms. The van der Waals surface area contributed by atoms with Crippen LogP contribution < -0.4 is 11.1 Å². The van der Waals surface area contributed by atoms with Crippen LogP contribution in [0.1, 0.15) is 13.3 Å². The van der Waals surface area contributed by atoms with Crippen molar-refractivity contribution < 1.29 is 4.79 Å². The van der Waals surface area contributed by atoms with E-state index >= 15 is 0 Å². The Morgan fingerprint density at radius 2 is 2.00 bits per heavy atom. The van der Waals surface area contributed by atoms with Gasteiger partial charge in [-0.15, -0.1) is 0 Å². The van der Waals surface area contributed by atoms with Crippen molar-refractivity contribution in [3.63, 3.8) is 0 Å². The van der Waals surface area contributed by atoms with Crippen molar-refractivity contribution in [1.82, 2.24) is 9.80 Å². The number of nitrogens with one attached hydrogen (secondary N) is 1. The molecule has 1 aromatic carbocycles. The first-order valence-electron chi connectivity index (χ1n) is 7.02. The molecule has 0 spiro atoms. The highest BCUT2D eigenvalue weighted by atomic mass is 35.5. The minimum atomic E-state index is -0.220. The molecular formula is C15H25ClN4O. The van der Waals surface area contributed by atoms with Crippen LogP contribution in [0, 0.1) is 0 Å². The Labute approximate surface area is 132 Å². The van der Waals surface area contributed by atoms with E-state index in [0.29, 0.717) is 16.4 Å². The lowest BCUT2D eigenvalue weighted by atomic mass is 10.2. The third-order valence-corrected chi connectivity index (χ3v) is 3.66. The number of amides is 1. The van der Waals surface area contributed by atoms with E-state index in [9.17, 15) is 4.79 Å². The van der Waals surface area contributed by atoms with E-state index in [1.54, 1.807) is 18.2 Å². The van der Waals surface area contributed by atoms with Crippen LogP contribution in [0.3, 0.4) is 0 Å². The molecule has 1 unspecified atom stereocenters. The lowest BCUT2D eigenvalue weighted by molar-refractivity contribution is -0.120. The molecule has 0 aliphatic rings. The van der Waals surface area contributed by atoms with Crippen molar-refractivity contribution in [2.45, 2.75) is 19.4 Å². The molecule has 1 rings (SSSR count). The molecule has 0 fully saturated rings. The summed E-state index contributed by atoms with van der Waals surface area (Å²) in [5.74, 6) is -0.0728. The first kappa shape index (κ1) is 17.8. The lowest BCUT2D eigenvalue weighted by Gasteiger charge is -2.24. The summed E-state index contributed by atoms with van der Waals surface area (Å²) in [4.78, 5) is 16.4. The van der Waals surface area contributed by atoms with Gasteiger partial charge in [-0.25, -0.2) is 0 Å². The summed E-state index contributed by atoms with van der Waals surface area (Å²) in [6, 6.07) is 4.83. The SMILES string of the molecule is CC(C(=O)Nc1ccc(Cl)cc1N)N(C)CCCN(C)C. The fourth-order valence-corrected chi connectivity index (χ4v) is 2.10. The zero-order valence-corrected chi connectivity index (χ0v) is 13.9. The number of anilines is 2. The van der Waals surface area contributed by atoms with E-state index in [-0.39, 0.29) is 11.9 Å². The molecule has 21 heavy (non-hydrogen) atoms. The second-order valence-corrected chi connectivity index (χ2v) is 5.97. The maximum Gasteiger partial charge on any atom is 0.241 e. The van der Waals surface area contributed by atoms with Gasteiger partial charge < -0.3 is 16.0 Å². The molecule has 1 aromatic rings. The van der Waals surface area contributed by atoms with Gasteiger partial charge in [-0.1, -0.05) is 11.6 Å². The molecule has 0 aliphatic heterocycles. The Morgan fingerprint density at radius 1 is 1.33 bits per heavy atom. The normalized spacial score (nSPS) is 12.7. The third-order valence-electron chi connectivity index (χ3n) is 3.43. The number of rotatable bonds is 7. The fourth-order valence-electron chi connectivity index (χ4n) is 1.91. The Kier molecular flexibility index (Phi) is 6.95. The van der Waals surface area contributed by atoms with Crippen molar-refractivity contribution in [3.8, 4) is 0 Å². The zero-order chi connectivity index (χ0) is 16.0. The summed E-state index contributed by atoms with van der Waals surface area (Å²) >= 11 is 5.84. The molecule has 118 valence electrons. The van der Waals surface area contributed by atoms with Crippen molar-refractivity contribution in [2.24, 2.45) is 0 Å². The molecule has 1 atom stereocenters. The van der Waals surface area contributed by atoms with Crippen LogP contribution in [0.15, 0.2) is 18.2 Å². The van der Waals surface area contributed by atoms with Crippen LogP contribution in [-0.2, 0) is 4.79 Å². The summed E-state index contributed by atoms with van der Waals surface area (Å²) in [6.45, 7) is 3.75. The maximum absolute atomic E-state index is 12.2. The van der Waals surface area contributed by atoms with Gasteiger partial charge in [-0.2, -0.15) is 0 Å². The Balaban J connectivity index is 2.53. The Morgan fingerprint density at radius 3 is 2.57 bits per heavy atom. The topological polar surface area (TPSA) is 61.6 Å². The van der Waals surface area contributed by atoms with Crippen molar-refractivity contribution >= 4 is 28.9 Å². The molecule has 0 saturated heterocycles. The van der Waals surface area contributed by atoms with Gasteiger partial charge in [0, 0.05) is 5.02 Å². The van der Waals surface area contributed by atoms with Crippen molar-refractivity contribution in [2.75, 3.05) is 45.3 Å². The highest BCUT2D eigenvalue weighted by Gasteiger charge is 2.18. The van der Waals surface area contributed by atoms with Crippen LogP contribution in [0.5, 0.6) is 0 Å². The molecule has 0 radical (unpaired) electrons. The fraction of sp³-hybridized carbons (Fsp3) is 0.533. The average Bonchev–Trinajstić information content (AvgIpc) is 2.40. The number of nitrogen functional groups attached to an aromatic ring is 1. The highest BCUT2D eigenvalue weighted by Crippen LogP contribution is 2.22. The van der Waals surface area contributed by atoms with Crippen LogP contribution in [-0.4, -0.2) is 56.0 Å². The van der Waals surface area contributed by atoms with Gasteiger partial charge in [0.15, 0.2) is 0 Å². The van der Waals surface area contributed by atoms with E-state index in [4.69, 9.17) is 17.3 Å². The molecular weight excluding hydrogens is 288 g/mol. The largest absolute Gasteiger partial charge is 0.397 e. The predicted molar refractivity (Wildman–Crippen MR) is 89.8 cm³/mol. The van der Waals surface area contributed by atoms with Crippen molar-refractivity contribution in [1.29, 1.82) is 0 Å². The minimum absolute atomic E-state index is 0.0728. The number of halogens is 1. The van der Waals surface area contributed by atoms with Crippen LogP contribution >= 0.6 is 11.6 Å². The molecule has 1 amide bonds. The quantitative estimate of drug-likeness (QED) is 0.757. The molecule has 0 aromatic heterocycles. The van der Waals surface area contributed by atoms with Gasteiger partial charge in [0.1, 0.15) is 0 Å². The summed E-state index contributed by atoms with van der Waals surface area (Å²) < 4.78 is 0. The summed E-state index contributed by atoms with van der Waals surface area (Å²) in [7, 11) is 6.03. The van der Waals surface area contributed by atoms with E-state index in [1.165, 1.54) is 0 Å². The minimum Gasteiger partial charge on any atom is -0.397 e. The molecule has 5 nitrogen and oxygen atoms in total. The number of carbonyl (C=O) groups excluding carboxylic acids is 1. The maximum atomic E-state index is 12.2. The Hall–Kier alpha value is -1.30. The number of hydrogen-bond donors (Lipinski definition) is 2. The number of hydrogen-bond acceptors (Lipinski definition) is 4. The first-order chi connectivity index (χ1) is 9.81. The molecule has 6 heteroatoms. The van der Waals surface area contributed by atoms with Gasteiger partial charge in [0.05, 0.1) is 17.4 Å². The number of nitrogens with two attached hydrogens (primary N) is 1. The second kappa shape index (κ2) is 8.22. The van der Waals surface area contributed by atoms with Gasteiger partial charge in [-0.3, -0.25) is 9.69 Å². The summed E-state index contributed by atoms with van der Waals surface area (Å²) in [5, 5.41) is 3.40. The number of nitrogens with zero attached hydrogens (tertiary/aromatic N) is 2. The van der Waals surface area contributed by atoms with E-state index < -0.39 is 0 Å².